The molecule has 5 aliphatic heterocycles. The van der Waals surface area contributed by atoms with Crippen LogP contribution in [0.5, 0.6) is 0 Å². The molecule has 6 heterocycles. The Balaban J connectivity index is 1.40. The number of hydrogen-bond donors (Lipinski definition) is 2. The largest absolute Gasteiger partial charge is 0.466 e. The van der Waals surface area contributed by atoms with E-state index in [0.717, 1.165) is 60.6 Å². The summed E-state index contributed by atoms with van der Waals surface area (Å²) in [6, 6.07) is 21.6. The van der Waals surface area contributed by atoms with Crippen molar-refractivity contribution in [3.8, 4) is 0 Å². The summed E-state index contributed by atoms with van der Waals surface area (Å²) < 4.78 is 55.9. The van der Waals surface area contributed by atoms with Crippen LogP contribution in [0.2, 0.25) is 23.2 Å². The van der Waals surface area contributed by atoms with Crippen LogP contribution in [-0.2, 0) is 27.4 Å². The van der Waals surface area contributed by atoms with E-state index in [4.69, 9.17) is 32.8 Å². The van der Waals surface area contributed by atoms with Crippen LogP contribution in [0.15, 0.2) is 92.5 Å². The van der Waals surface area contributed by atoms with E-state index in [9.17, 15) is 14.7 Å². The predicted molar refractivity (Wildman–Crippen MR) is 266 cm³/mol. The monoisotopic (exact) mass is 978 g/mol. The smallest absolute Gasteiger partial charge is 0.406 e. The predicted octanol–water partition coefficient (Wildman–Crippen LogP) is 7.53. The van der Waals surface area contributed by atoms with Gasteiger partial charge in [0.15, 0.2) is 14.5 Å². The maximum atomic E-state index is 17.8. The first-order valence-electron chi connectivity index (χ1n) is 24.7. The van der Waals surface area contributed by atoms with Crippen molar-refractivity contribution in [2.75, 3.05) is 45.9 Å². The number of aliphatic hydroxyl groups is 1. The van der Waals surface area contributed by atoms with Gasteiger partial charge in [-0.15, -0.1) is 18.5 Å². The molecule has 0 spiro atoms. The van der Waals surface area contributed by atoms with Crippen LogP contribution in [-0.4, -0.2) is 116 Å². The van der Waals surface area contributed by atoms with E-state index in [-0.39, 0.29) is 15.9 Å². The van der Waals surface area contributed by atoms with Crippen molar-refractivity contribution in [3.63, 3.8) is 0 Å². The summed E-state index contributed by atoms with van der Waals surface area (Å²) in [6.07, 6.45) is 4.91. The topological polar surface area (TPSA) is 163 Å². The Morgan fingerprint density at radius 3 is 1.75 bits per heavy atom. The van der Waals surface area contributed by atoms with Gasteiger partial charge in [0.25, 0.3) is 13.9 Å². The maximum absolute atomic E-state index is 17.8. The zero-order valence-corrected chi connectivity index (χ0v) is 44.0. The Hall–Kier alpha value is -3.20. The first-order chi connectivity index (χ1) is 31.7. The highest BCUT2D eigenvalue weighted by atomic mass is 31.2. The lowest BCUT2D eigenvalue weighted by atomic mass is 10.1. The average molecular weight is 979 g/mol. The molecule has 3 saturated heterocycles. The number of aromatic nitrogens is 2. The van der Waals surface area contributed by atoms with Gasteiger partial charge in [-0.3, -0.25) is 14.3 Å². The quantitative estimate of drug-likeness (QED) is 0.100. The summed E-state index contributed by atoms with van der Waals surface area (Å²) in [4.78, 5) is 39.3. The third-order valence-corrected chi connectivity index (χ3v) is 27.3. The Labute approximate surface area is 398 Å². The van der Waals surface area contributed by atoms with E-state index in [1.807, 2.05) is 36.4 Å². The summed E-state index contributed by atoms with van der Waals surface area (Å²) in [6.45, 7) is 19.8. The minimum Gasteiger partial charge on any atom is -0.406 e. The zero-order chi connectivity index (χ0) is 47.9. The highest BCUT2D eigenvalue weighted by molar-refractivity contribution is 7.55. The van der Waals surface area contributed by atoms with Crippen molar-refractivity contribution >= 4 is 46.3 Å². The summed E-state index contributed by atoms with van der Waals surface area (Å²) in [5, 5.41) is 13.2. The summed E-state index contributed by atoms with van der Waals surface area (Å²) in [7, 11) is -11.5. The van der Waals surface area contributed by atoms with Crippen LogP contribution in [0, 0.1) is 0 Å². The molecule has 2 aromatic carbocycles. The van der Waals surface area contributed by atoms with Gasteiger partial charge in [-0.05, 0) is 72.1 Å². The zero-order valence-electron chi connectivity index (χ0n) is 41.1. The number of hydroxylamine groups is 6. The summed E-state index contributed by atoms with van der Waals surface area (Å²) in [5.74, 6) is 1.57. The standard InChI is InChI=1S/C49H74N6O9PSi2/c1-47(2,3)66(7,8)62-44-45(53-32-29-43(56)52-46(53)57)61-40(37-60-67(48(4,5)6,38-23-13-9-14-24-38)39-25-15-10-16-26-39)49(44,58)65(59,63-54-33-19-11-17-27-41(54)50-30-21-35-54)64-55-34-20-12-18-28-42(55)51-31-22-36-55/h9-10,13-16,23-26,29,32,40,44-45,58H,11-12,17-22,27-28,30-31,33-37H2,1-8H3/q+1/p+1/t40-,44?,45-,49?,54?,55?,65?/m0/s1. The minimum absolute atomic E-state index is 0.148. The molecule has 3 aromatic rings. The van der Waals surface area contributed by atoms with Crippen LogP contribution in [0.25, 0.3) is 0 Å². The number of hydrogen-bond acceptors (Lipinski definition) is 11. The number of nitrogens with zero attached hydrogens (tertiary/aromatic N) is 5. The molecular formula is C49H75N6O9PSi2+2. The molecule has 5 aliphatic rings. The Bertz CT molecular complexity index is 2370. The van der Waals surface area contributed by atoms with Crippen molar-refractivity contribution < 1.29 is 41.8 Å². The second-order valence-corrected chi connectivity index (χ2v) is 32.9. The second kappa shape index (κ2) is 19.2. The molecule has 8 rings (SSSR count). The molecule has 67 heavy (non-hydrogen) atoms. The molecular weight excluding hydrogens is 904 g/mol. The maximum Gasteiger partial charge on any atom is 0.466 e. The minimum atomic E-state index is -5.09. The third kappa shape index (κ3) is 9.32. The molecule has 15 nitrogen and oxygen atoms in total. The van der Waals surface area contributed by atoms with Gasteiger partial charge in [0.1, 0.15) is 38.4 Å². The van der Waals surface area contributed by atoms with Crippen LogP contribution in [0.4, 0.5) is 0 Å². The van der Waals surface area contributed by atoms with E-state index >= 15 is 4.57 Å². The van der Waals surface area contributed by atoms with Gasteiger partial charge in [-0.2, -0.15) is 0 Å². The summed E-state index contributed by atoms with van der Waals surface area (Å²) in [5.41, 5.74) is -1.36. The van der Waals surface area contributed by atoms with Crippen LogP contribution >= 0.6 is 7.60 Å². The lowest BCUT2D eigenvalue weighted by molar-refractivity contribution is -1.04. The van der Waals surface area contributed by atoms with Crippen molar-refractivity contribution in [3.05, 3.63) is 93.8 Å². The molecule has 0 saturated carbocycles. The average Bonchev–Trinajstić information content (AvgIpc) is 3.43. The van der Waals surface area contributed by atoms with Gasteiger partial charge < -0.3 is 18.7 Å². The van der Waals surface area contributed by atoms with Crippen LogP contribution in [0.1, 0.15) is 112 Å². The van der Waals surface area contributed by atoms with Gasteiger partial charge in [-0.25, -0.2) is 19.3 Å². The first-order valence-corrected chi connectivity index (χ1v) is 31.0. The molecule has 1 aromatic heterocycles. The molecule has 0 aliphatic carbocycles. The molecule has 0 bridgehead atoms. The number of ether oxygens (including phenoxy) is 1. The Morgan fingerprint density at radius 1 is 0.761 bits per heavy atom. The number of rotatable bonds is 13. The second-order valence-electron chi connectivity index (χ2n) is 21.8. The van der Waals surface area contributed by atoms with E-state index in [1.165, 1.54) is 16.8 Å². The number of H-pyrrole nitrogens is 1. The van der Waals surface area contributed by atoms with Crippen LogP contribution < -0.4 is 21.6 Å². The lowest BCUT2D eigenvalue weighted by Crippen LogP contribution is -2.68. The number of quaternary nitrogens is 2. The van der Waals surface area contributed by atoms with Crippen LogP contribution in [0.3, 0.4) is 0 Å². The molecule has 18 heteroatoms. The van der Waals surface area contributed by atoms with Gasteiger partial charge >= 0.3 is 13.3 Å². The fourth-order valence-electron chi connectivity index (χ4n) is 10.8. The van der Waals surface area contributed by atoms with Crippen molar-refractivity contribution in [1.82, 2.24) is 9.55 Å². The molecule has 2 N–H and O–H groups in total. The fraction of sp³-hybridized carbons (Fsp3) is 0.633. The van der Waals surface area contributed by atoms with E-state index < -0.39 is 69.3 Å². The normalized spacial score (nSPS) is 29.7. The fourth-order valence-corrected chi connectivity index (χ4v) is 19.3. The number of amidine groups is 2. The number of aliphatic imine (C=N–C) groups is 2. The number of fused-ring (bicyclic) bond motifs is 2. The van der Waals surface area contributed by atoms with Gasteiger partial charge in [0.2, 0.25) is 17.0 Å². The van der Waals surface area contributed by atoms with E-state index in [1.54, 1.807) is 0 Å². The van der Waals surface area contributed by atoms with Crippen molar-refractivity contribution in [1.29, 1.82) is 0 Å². The molecule has 0 radical (unpaired) electrons. The SMILES string of the molecule is CC(C)(C)[Si](C)(C)OC1[C@@H](n2ccc(=O)[nH]c2=O)O[C@@H](CO[Si](c2ccccc2)(c2ccccc2)C(C)(C)C)C1(O)P(=O)(O[N+]12CCCCCC1=NCCC2)O[N+]12CCCCCC1=NCCC2. The molecule has 366 valence electrons. The highest BCUT2D eigenvalue weighted by Gasteiger charge is 2.76. The van der Waals surface area contributed by atoms with Gasteiger partial charge in [-0.1, -0.05) is 102 Å². The number of nitrogens with one attached hydrogen (secondary N) is 1. The number of benzene rings is 2. The van der Waals surface area contributed by atoms with E-state index in [2.05, 4.69) is 83.9 Å². The number of aromatic amines is 1. The molecule has 6 atom stereocenters. The van der Waals surface area contributed by atoms with Crippen molar-refractivity contribution in [2.45, 2.75) is 153 Å². The lowest BCUT2D eigenvalue weighted by Gasteiger charge is -2.48. The molecule has 0 amide bonds. The highest BCUT2D eigenvalue weighted by Crippen LogP contribution is 2.70. The van der Waals surface area contributed by atoms with Crippen molar-refractivity contribution in [2.24, 2.45) is 9.98 Å². The van der Waals surface area contributed by atoms with Gasteiger partial charge in [0.05, 0.1) is 19.7 Å². The third-order valence-electron chi connectivity index (χ3n) is 15.4. The first kappa shape index (κ1) is 50.2. The molecule has 3 fully saturated rings. The van der Waals surface area contributed by atoms with Gasteiger partial charge in [0, 0.05) is 37.9 Å². The molecule has 4 unspecified atom stereocenters. The Morgan fingerprint density at radius 2 is 1.27 bits per heavy atom. The Kier molecular flexibility index (Phi) is 14.4. The summed E-state index contributed by atoms with van der Waals surface area (Å²) >= 11 is 0. The van der Waals surface area contributed by atoms with E-state index in [0.29, 0.717) is 65.0 Å².